The summed E-state index contributed by atoms with van der Waals surface area (Å²) in [6.45, 7) is 5.31. The third kappa shape index (κ3) is 3.97. The van der Waals surface area contributed by atoms with E-state index in [4.69, 9.17) is 0 Å². The molecule has 0 bridgehead atoms. The first-order chi connectivity index (χ1) is 11.2. The maximum Gasteiger partial charge on any atom is 0.246 e. The predicted molar refractivity (Wildman–Crippen MR) is 92.0 cm³/mol. The van der Waals surface area contributed by atoms with Crippen molar-refractivity contribution in [3.8, 4) is 0 Å². The molecule has 1 saturated heterocycles. The molecule has 1 fully saturated rings. The van der Waals surface area contributed by atoms with Crippen LogP contribution in [-0.4, -0.2) is 37.0 Å². The quantitative estimate of drug-likeness (QED) is 0.815. The van der Waals surface area contributed by atoms with Crippen molar-refractivity contribution >= 4 is 17.7 Å². The van der Waals surface area contributed by atoms with Gasteiger partial charge in [0, 0.05) is 50.1 Å². The third-order valence-corrected chi connectivity index (χ3v) is 4.12. The average molecular weight is 308 g/mol. The zero-order chi connectivity index (χ0) is 16.1. The van der Waals surface area contributed by atoms with Crippen molar-refractivity contribution in [3.05, 3.63) is 66.0 Å². The Morgan fingerprint density at radius 3 is 2.52 bits per heavy atom. The number of nitrogens with zero attached hydrogens (tertiary/aromatic N) is 2. The number of benzene rings is 1. The standard InChI is InChI=1S/C19H21N3O/c1-16-3-2-4-17(15-16)5-6-19(23)22-13-11-21(12-14-22)18-7-9-20-10-8-18/h2-10,15H,11-14H2,1H3/p+1/b6-5+. The van der Waals surface area contributed by atoms with Crippen LogP contribution in [0.25, 0.3) is 6.08 Å². The number of rotatable bonds is 3. The summed E-state index contributed by atoms with van der Waals surface area (Å²) >= 11 is 0. The summed E-state index contributed by atoms with van der Waals surface area (Å²) in [7, 11) is 0. The molecule has 0 spiro atoms. The van der Waals surface area contributed by atoms with Crippen LogP contribution in [0.1, 0.15) is 11.1 Å². The first-order valence-corrected chi connectivity index (χ1v) is 7.97. The van der Waals surface area contributed by atoms with Crippen molar-refractivity contribution in [3.63, 3.8) is 0 Å². The summed E-state index contributed by atoms with van der Waals surface area (Å²) in [5, 5.41) is 0. The predicted octanol–water partition coefficient (Wildman–Crippen LogP) is 2.17. The van der Waals surface area contributed by atoms with Crippen LogP contribution in [0.15, 0.2) is 54.9 Å². The number of hydrogen-bond acceptors (Lipinski definition) is 2. The second kappa shape index (κ2) is 7.09. The molecule has 1 aliphatic heterocycles. The number of carbonyl (C=O) groups is 1. The molecule has 4 nitrogen and oxygen atoms in total. The minimum atomic E-state index is 0.0903. The fourth-order valence-corrected chi connectivity index (χ4v) is 2.82. The average Bonchev–Trinajstić information content (AvgIpc) is 2.61. The molecule has 1 aliphatic rings. The summed E-state index contributed by atoms with van der Waals surface area (Å²) < 4.78 is 0. The molecule has 1 aromatic heterocycles. The number of aryl methyl sites for hydroxylation is 1. The first-order valence-electron chi connectivity index (χ1n) is 7.97. The van der Waals surface area contributed by atoms with Gasteiger partial charge in [-0.05, 0) is 18.6 Å². The van der Waals surface area contributed by atoms with Crippen LogP contribution >= 0.6 is 0 Å². The summed E-state index contributed by atoms with van der Waals surface area (Å²) in [6.07, 6.45) is 7.44. The largest absolute Gasteiger partial charge is 0.368 e. The minimum absolute atomic E-state index is 0.0903. The lowest BCUT2D eigenvalue weighted by Gasteiger charge is -2.35. The molecule has 3 rings (SSSR count). The molecule has 23 heavy (non-hydrogen) atoms. The third-order valence-electron chi connectivity index (χ3n) is 4.12. The van der Waals surface area contributed by atoms with Gasteiger partial charge < -0.3 is 9.80 Å². The van der Waals surface area contributed by atoms with E-state index < -0.39 is 0 Å². The van der Waals surface area contributed by atoms with Gasteiger partial charge in [-0.15, -0.1) is 0 Å². The van der Waals surface area contributed by atoms with Gasteiger partial charge in [0.15, 0.2) is 12.4 Å². The van der Waals surface area contributed by atoms with E-state index in [9.17, 15) is 4.79 Å². The van der Waals surface area contributed by atoms with Crippen LogP contribution in [0, 0.1) is 6.92 Å². The van der Waals surface area contributed by atoms with Crippen molar-refractivity contribution in [2.75, 3.05) is 31.1 Å². The molecule has 2 heterocycles. The van der Waals surface area contributed by atoms with Gasteiger partial charge in [-0.1, -0.05) is 29.8 Å². The van der Waals surface area contributed by atoms with Gasteiger partial charge >= 0.3 is 0 Å². The first kappa shape index (κ1) is 15.3. The fraction of sp³-hybridized carbons (Fsp3) is 0.263. The number of pyridine rings is 1. The van der Waals surface area contributed by atoms with Gasteiger partial charge in [-0.25, -0.2) is 4.98 Å². The molecule has 0 radical (unpaired) electrons. The van der Waals surface area contributed by atoms with E-state index >= 15 is 0 Å². The zero-order valence-corrected chi connectivity index (χ0v) is 13.4. The molecule has 118 valence electrons. The lowest BCUT2D eigenvalue weighted by atomic mass is 10.1. The highest BCUT2D eigenvalue weighted by atomic mass is 16.2. The zero-order valence-electron chi connectivity index (χ0n) is 13.4. The number of amides is 1. The molecule has 1 amide bonds. The van der Waals surface area contributed by atoms with Gasteiger partial charge in [0.05, 0.1) is 0 Å². The maximum absolute atomic E-state index is 12.3. The number of hydrogen-bond donors (Lipinski definition) is 0. The number of aromatic amines is 1. The SMILES string of the molecule is Cc1cccc(/C=C/C(=O)N2CCN(c3cc[nH+]cc3)CC2)c1. The topological polar surface area (TPSA) is 37.7 Å². The normalized spacial score (nSPS) is 15.2. The second-order valence-corrected chi connectivity index (χ2v) is 5.82. The lowest BCUT2D eigenvalue weighted by molar-refractivity contribution is -0.377. The molecule has 0 unspecified atom stereocenters. The Morgan fingerprint density at radius 2 is 1.83 bits per heavy atom. The van der Waals surface area contributed by atoms with E-state index in [1.807, 2.05) is 35.5 Å². The van der Waals surface area contributed by atoms with Crippen LogP contribution in [0.5, 0.6) is 0 Å². The van der Waals surface area contributed by atoms with E-state index in [1.165, 1.54) is 11.3 Å². The smallest absolute Gasteiger partial charge is 0.246 e. The molecular formula is C19H22N3O+. The van der Waals surface area contributed by atoms with Crippen LogP contribution in [0.4, 0.5) is 5.69 Å². The highest BCUT2D eigenvalue weighted by Crippen LogP contribution is 2.14. The second-order valence-electron chi connectivity index (χ2n) is 5.82. The van der Waals surface area contributed by atoms with E-state index in [0.717, 1.165) is 31.7 Å². The molecule has 0 saturated carbocycles. The lowest BCUT2D eigenvalue weighted by Crippen LogP contribution is -2.48. The van der Waals surface area contributed by atoms with Crippen LogP contribution in [-0.2, 0) is 4.79 Å². The molecule has 2 aromatic rings. The number of piperazine rings is 1. The molecule has 0 atom stereocenters. The van der Waals surface area contributed by atoms with Crippen LogP contribution < -0.4 is 9.88 Å². The van der Waals surface area contributed by atoms with E-state index in [1.54, 1.807) is 6.08 Å². The highest BCUT2D eigenvalue weighted by Gasteiger charge is 2.19. The Balaban J connectivity index is 1.56. The van der Waals surface area contributed by atoms with Crippen molar-refractivity contribution in [2.45, 2.75) is 6.92 Å². The number of nitrogens with one attached hydrogen (secondary N) is 1. The maximum atomic E-state index is 12.3. The Hall–Kier alpha value is -2.62. The molecule has 0 aliphatic carbocycles. The Kier molecular flexibility index (Phi) is 4.71. The van der Waals surface area contributed by atoms with Crippen molar-refractivity contribution in [1.29, 1.82) is 0 Å². The van der Waals surface area contributed by atoms with E-state index in [0.29, 0.717) is 0 Å². The van der Waals surface area contributed by atoms with Gasteiger partial charge in [0.25, 0.3) is 0 Å². The molecule has 4 heteroatoms. The van der Waals surface area contributed by atoms with E-state index in [2.05, 4.69) is 41.1 Å². The summed E-state index contributed by atoms with van der Waals surface area (Å²) in [5.41, 5.74) is 3.47. The number of carbonyl (C=O) groups excluding carboxylic acids is 1. The Labute approximate surface area is 137 Å². The summed E-state index contributed by atoms with van der Waals surface area (Å²) in [4.78, 5) is 19.6. The van der Waals surface area contributed by atoms with Crippen LogP contribution in [0.2, 0.25) is 0 Å². The van der Waals surface area contributed by atoms with Gasteiger partial charge in [-0.3, -0.25) is 4.79 Å². The van der Waals surface area contributed by atoms with E-state index in [-0.39, 0.29) is 5.91 Å². The van der Waals surface area contributed by atoms with Crippen molar-refractivity contribution < 1.29 is 9.78 Å². The Bertz CT molecular complexity index is 689. The monoisotopic (exact) mass is 308 g/mol. The summed E-state index contributed by atoms with van der Waals surface area (Å²) in [5.74, 6) is 0.0903. The van der Waals surface area contributed by atoms with Crippen molar-refractivity contribution in [2.24, 2.45) is 0 Å². The van der Waals surface area contributed by atoms with Crippen LogP contribution in [0.3, 0.4) is 0 Å². The number of H-pyrrole nitrogens is 1. The molecular weight excluding hydrogens is 286 g/mol. The molecule has 1 aromatic carbocycles. The molecule has 1 N–H and O–H groups in total. The fourth-order valence-electron chi connectivity index (χ4n) is 2.82. The minimum Gasteiger partial charge on any atom is -0.368 e. The van der Waals surface area contributed by atoms with Gasteiger partial charge in [0.1, 0.15) is 0 Å². The number of aromatic nitrogens is 1. The van der Waals surface area contributed by atoms with Gasteiger partial charge in [-0.2, -0.15) is 0 Å². The highest BCUT2D eigenvalue weighted by molar-refractivity contribution is 5.92. The van der Waals surface area contributed by atoms with Gasteiger partial charge in [0.2, 0.25) is 5.91 Å². The Morgan fingerprint density at radius 1 is 1.09 bits per heavy atom. The number of anilines is 1. The summed E-state index contributed by atoms with van der Waals surface area (Å²) in [6, 6.07) is 12.3. The van der Waals surface area contributed by atoms with Crippen molar-refractivity contribution in [1.82, 2.24) is 4.90 Å².